The van der Waals surface area contributed by atoms with Crippen LogP contribution in [0.1, 0.15) is 16.3 Å². The Labute approximate surface area is 86.5 Å². The van der Waals surface area contributed by atoms with Gasteiger partial charge in [-0.3, -0.25) is 4.79 Å². The van der Waals surface area contributed by atoms with Crippen molar-refractivity contribution in [2.45, 2.75) is 13.5 Å². The van der Waals surface area contributed by atoms with E-state index >= 15 is 0 Å². The van der Waals surface area contributed by atoms with Crippen molar-refractivity contribution >= 4 is 5.78 Å². The molecular weight excluding hydrogens is 194 g/mol. The smallest absolute Gasteiger partial charge is 0.200 e. The molecule has 0 bridgehead atoms. The number of rotatable bonds is 3. The molecule has 0 N–H and O–H groups in total. The standard InChI is InChI=1S/C9H11N5O/c1-7-10-11-12-14(7)6-9(15)8-4-3-5-13(8)2/h3-5H,6H2,1-2H3. The lowest BCUT2D eigenvalue weighted by Gasteiger charge is -2.02. The van der Waals surface area contributed by atoms with Crippen LogP contribution in [0.5, 0.6) is 0 Å². The number of hydrogen-bond donors (Lipinski definition) is 0. The molecule has 0 aromatic carbocycles. The summed E-state index contributed by atoms with van der Waals surface area (Å²) in [6.45, 7) is 1.94. The molecule has 0 saturated heterocycles. The first kappa shape index (κ1) is 9.57. The third-order valence-corrected chi connectivity index (χ3v) is 2.23. The minimum atomic E-state index is -0.00194. The molecule has 6 heteroatoms. The molecule has 0 aliphatic heterocycles. The molecule has 0 saturated carbocycles. The minimum absolute atomic E-state index is 0.00194. The monoisotopic (exact) mass is 205 g/mol. The fourth-order valence-corrected chi connectivity index (χ4v) is 1.36. The lowest BCUT2D eigenvalue weighted by molar-refractivity contribution is 0.0958. The van der Waals surface area contributed by atoms with Gasteiger partial charge in [0.25, 0.3) is 0 Å². The first-order valence-corrected chi connectivity index (χ1v) is 4.56. The summed E-state index contributed by atoms with van der Waals surface area (Å²) in [5.74, 6) is 0.635. The van der Waals surface area contributed by atoms with Crippen LogP contribution < -0.4 is 0 Å². The number of nitrogens with zero attached hydrogens (tertiary/aromatic N) is 5. The molecule has 6 nitrogen and oxygen atoms in total. The first-order valence-electron chi connectivity index (χ1n) is 4.56. The molecule has 2 heterocycles. The van der Waals surface area contributed by atoms with E-state index in [9.17, 15) is 4.79 Å². The maximum Gasteiger partial charge on any atom is 0.200 e. The Kier molecular flexibility index (Phi) is 2.32. The SMILES string of the molecule is Cc1nnnn1CC(=O)c1cccn1C. The Morgan fingerprint density at radius 3 is 2.87 bits per heavy atom. The predicted molar refractivity (Wildman–Crippen MR) is 52.3 cm³/mol. The van der Waals surface area contributed by atoms with Gasteiger partial charge in [-0.2, -0.15) is 0 Å². The Morgan fingerprint density at radius 1 is 1.53 bits per heavy atom. The fraction of sp³-hybridized carbons (Fsp3) is 0.333. The summed E-state index contributed by atoms with van der Waals surface area (Å²) in [6.07, 6.45) is 1.83. The van der Waals surface area contributed by atoms with E-state index in [1.807, 2.05) is 19.3 Å². The van der Waals surface area contributed by atoms with Gasteiger partial charge in [0.1, 0.15) is 12.4 Å². The van der Waals surface area contributed by atoms with Gasteiger partial charge in [-0.15, -0.1) is 5.10 Å². The van der Waals surface area contributed by atoms with E-state index in [0.717, 1.165) is 0 Å². The van der Waals surface area contributed by atoms with Gasteiger partial charge < -0.3 is 4.57 Å². The van der Waals surface area contributed by atoms with Crippen molar-refractivity contribution < 1.29 is 4.79 Å². The summed E-state index contributed by atoms with van der Waals surface area (Å²) in [5.41, 5.74) is 0.657. The molecule has 0 amide bonds. The van der Waals surface area contributed by atoms with Crippen LogP contribution in [0.4, 0.5) is 0 Å². The molecule has 0 radical (unpaired) electrons. The lowest BCUT2D eigenvalue weighted by Crippen LogP contribution is -2.15. The van der Waals surface area contributed by atoms with E-state index in [1.54, 1.807) is 17.6 Å². The molecule has 2 aromatic heterocycles. The van der Waals surface area contributed by atoms with E-state index in [-0.39, 0.29) is 12.3 Å². The number of ketones is 1. The second-order valence-corrected chi connectivity index (χ2v) is 3.31. The molecule has 0 spiro atoms. The van der Waals surface area contributed by atoms with Crippen LogP contribution in [0, 0.1) is 6.92 Å². The Bertz CT molecular complexity index is 484. The van der Waals surface area contributed by atoms with Gasteiger partial charge >= 0.3 is 0 Å². The highest BCUT2D eigenvalue weighted by Crippen LogP contribution is 2.03. The quantitative estimate of drug-likeness (QED) is 0.671. The highest BCUT2D eigenvalue weighted by atomic mass is 16.1. The minimum Gasteiger partial charge on any atom is -0.348 e. The summed E-state index contributed by atoms with van der Waals surface area (Å²) < 4.78 is 3.26. The van der Waals surface area contributed by atoms with Crippen molar-refractivity contribution in [2.75, 3.05) is 0 Å². The maximum absolute atomic E-state index is 11.8. The molecule has 2 aromatic rings. The average Bonchev–Trinajstić information content (AvgIpc) is 2.76. The summed E-state index contributed by atoms with van der Waals surface area (Å²) >= 11 is 0. The third-order valence-electron chi connectivity index (χ3n) is 2.23. The van der Waals surface area contributed by atoms with Crippen LogP contribution in [-0.4, -0.2) is 30.6 Å². The van der Waals surface area contributed by atoms with Crippen molar-refractivity contribution in [1.29, 1.82) is 0 Å². The Balaban J connectivity index is 2.18. The van der Waals surface area contributed by atoms with Gasteiger partial charge in [0.2, 0.25) is 5.78 Å². The predicted octanol–water partition coefficient (Wildman–Crippen LogP) is 0.203. The molecule has 0 aliphatic carbocycles. The van der Waals surface area contributed by atoms with Gasteiger partial charge in [0.05, 0.1) is 5.69 Å². The highest BCUT2D eigenvalue weighted by Gasteiger charge is 2.11. The topological polar surface area (TPSA) is 65.6 Å². The molecule has 15 heavy (non-hydrogen) atoms. The number of Topliss-reactive ketones (excluding diaryl/α,β-unsaturated/α-hetero) is 1. The average molecular weight is 205 g/mol. The zero-order chi connectivity index (χ0) is 10.8. The van der Waals surface area contributed by atoms with E-state index in [1.165, 1.54) is 4.68 Å². The van der Waals surface area contributed by atoms with Crippen LogP contribution >= 0.6 is 0 Å². The molecule has 78 valence electrons. The van der Waals surface area contributed by atoms with Crippen LogP contribution in [0.3, 0.4) is 0 Å². The molecule has 2 rings (SSSR count). The van der Waals surface area contributed by atoms with Crippen LogP contribution in [0.25, 0.3) is 0 Å². The van der Waals surface area contributed by atoms with Crippen LogP contribution in [-0.2, 0) is 13.6 Å². The van der Waals surface area contributed by atoms with Gasteiger partial charge in [-0.25, -0.2) is 4.68 Å². The molecule has 0 fully saturated rings. The van der Waals surface area contributed by atoms with Crippen molar-refractivity contribution in [1.82, 2.24) is 24.8 Å². The molecular formula is C9H11N5O. The number of carbonyl (C=O) groups is 1. The lowest BCUT2D eigenvalue weighted by atomic mass is 10.3. The van der Waals surface area contributed by atoms with Crippen LogP contribution in [0.2, 0.25) is 0 Å². The van der Waals surface area contributed by atoms with E-state index in [4.69, 9.17) is 0 Å². The highest BCUT2D eigenvalue weighted by molar-refractivity contribution is 5.94. The normalized spacial score (nSPS) is 10.5. The Morgan fingerprint density at radius 2 is 2.33 bits per heavy atom. The van der Waals surface area contributed by atoms with Gasteiger partial charge in [0, 0.05) is 13.2 Å². The van der Waals surface area contributed by atoms with Gasteiger partial charge in [0.15, 0.2) is 0 Å². The van der Waals surface area contributed by atoms with E-state index in [0.29, 0.717) is 11.5 Å². The van der Waals surface area contributed by atoms with Crippen molar-refractivity contribution in [3.8, 4) is 0 Å². The number of hydrogen-bond acceptors (Lipinski definition) is 4. The first-order chi connectivity index (χ1) is 7.18. The largest absolute Gasteiger partial charge is 0.348 e. The molecule has 0 aliphatic rings. The second-order valence-electron chi connectivity index (χ2n) is 3.31. The van der Waals surface area contributed by atoms with Crippen molar-refractivity contribution in [3.05, 3.63) is 29.8 Å². The number of aromatic nitrogens is 5. The third kappa shape index (κ3) is 1.78. The number of carbonyl (C=O) groups excluding carboxylic acids is 1. The zero-order valence-electron chi connectivity index (χ0n) is 8.58. The Hall–Kier alpha value is -1.98. The number of aryl methyl sites for hydroxylation is 2. The summed E-state index contributed by atoms with van der Waals surface area (Å²) in [4.78, 5) is 11.8. The summed E-state index contributed by atoms with van der Waals surface area (Å²) in [7, 11) is 1.83. The summed E-state index contributed by atoms with van der Waals surface area (Å²) in [6, 6.07) is 3.61. The van der Waals surface area contributed by atoms with Gasteiger partial charge in [-0.1, -0.05) is 0 Å². The molecule has 0 unspecified atom stereocenters. The maximum atomic E-state index is 11.8. The zero-order valence-corrected chi connectivity index (χ0v) is 8.58. The second kappa shape index (κ2) is 3.64. The van der Waals surface area contributed by atoms with E-state index in [2.05, 4.69) is 15.5 Å². The van der Waals surface area contributed by atoms with Crippen molar-refractivity contribution in [3.63, 3.8) is 0 Å². The van der Waals surface area contributed by atoms with Crippen molar-refractivity contribution in [2.24, 2.45) is 7.05 Å². The van der Waals surface area contributed by atoms with Gasteiger partial charge in [-0.05, 0) is 29.5 Å². The number of tetrazole rings is 1. The summed E-state index contributed by atoms with van der Waals surface area (Å²) in [5, 5.41) is 10.9. The molecule has 0 atom stereocenters. The fourth-order valence-electron chi connectivity index (χ4n) is 1.36. The van der Waals surface area contributed by atoms with E-state index < -0.39 is 0 Å². The van der Waals surface area contributed by atoms with Crippen LogP contribution in [0.15, 0.2) is 18.3 Å².